The molecule has 3 rings (SSSR count). The predicted molar refractivity (Wildman–Crippen MR) is 66.3 cm³/mol. The van der Waals surface area contributed by atoms with E-state index in [0.29, 0.717) is 6.04 Å². The van der Waals surface area contributed by atoms with Crippen molar-refractivity contribution in [1.82, 2.24) is 5.32 Å². The van der Waals surface area contributed by atoms with Gasteiger partial charge < -0.3 is 5.32 Å². The number of aliphatic imine (C=N–C) groups is 1. The van der Waals surface area contributed by atoms with Crippen LogP contribution in [0.3, 0.4) is 0 Å². The van der Waals surface area contributed by atoms with Crippen molar-refractivity contribution in [2.75, 3.05) is 6.54 Å². The van der Waals surface area contributed by atoms with Gasteiger partial charge >= 0.3 is 0 Å². The van der Waals surface area contributed by atoms with Crippen molar-refractivity contribution in [2.45, 2.75) is 50.3 Å². The molecule has 0 saturated heterocycles. The van der Waals surface area contributed by atoms with E-state index in [1.165, 1.54) is 37.3 Å². The molecule has 1 heterocycles. The fourth-order valence-electron chi connectivity index (χ4n) is 2.31. The summed E-state index contributed by atoms with van der Waals surface area (Å²) in [5.74, 6) is 2.00. The van der Waals surface area contributed by atoms with E-state index in [1.807, 2.05) is 11.8 Å². The highest BCUT2D eigenvalue weighted by molar-refractivity contribution is 8.14. The van der Waals surface area contributed by atoms with E-state index in [0.717, 1.165) is 23.6 Å². The van der Waals surface area contributed by atoms with Gasteiger partial charge in [-0.2, -0.15) is 0 Å². The van der Waals surface area contributed by atoms with E-state index in [9.17, 15) is 0 Å². The van der Waals surface area contributed by atoms with Crippen LogP contribution >= 0.6 is 11.8 Å². The lowest BCUT2D eigenvalue weighted by molar-refractivity contribution is 0.566. The van der Waals surface area contributed by atoms with Crippen molar-refractivity contribution in [3.05, 3.63) is 0 Å². The van der Waals surface area contributed by atoms with E-state index >= 15 is 0 Å². The Labute approximate surface area is 96.3 Å². The predicted octanol–water partition coefficient (Wildman–Crippen LogP) is 2.65. The molecule has 0 aromatic carbocycles. The van der Waals surface area contributed by atoms with E-state index in [4.69, 9.17) is 0 Å². The van der Waals surface area contributed by atoms with Crippen LogP contribution in [0.15, 0.2) is 4.99 Å². The molecule has 0 aromatic heterocycles. The van der Waals surface area contributed by atoms with Crippen LogP contribution in [0.25, 0.3) is 0 Å². The fraction of sp³-hybridized carbons (Fsp3) is 0.917. The Balaban J connectivity index is 1.42. The molecule has 15 heavy (non-hydrogen) atoms. The Morgan fingerprint density at radius 2 is 2.20 bits per heavy atom. The first-order valence-electron chi connectivity index (χ1n) is 6.29. The second-order valence-corrected chi connectivity index (χ2v) is 6.59. The van der Waals surface area contributed by atoms with Crippen LogP contribution in [0, 0.1) is 11.8 Å². The topological polar surface area (TPSA) is 24.4 Å². The van der Waals surface area contributed by atoms with E-state index in [-0.39, 0.29) is 0 Å². The van der Waals surface area contributed by atoms with Crippen molar-refractivity contribution < 1.29 is 0 Å². The molecule has 0 aromatic rings. The summed E-state index contributed by atoms with van der Waals surface area (Å²) >= 11 is 2.00. The third-order valence-corrected chi connectivity index (χ3v) is 4.89. The van der Waals surface area contributed by atoms with Gasteiger partial charge in [0.15, 0.2) is 5.17 Å². The van der Waals surface area contributed by atoms with Gasteiger partial charge in [-0.1, -0.05) is 24.6 Å². The summed E-state index contributed by atoms with van der Waals surface area (Å²) in [4.78, 5) is 4.61. The summed E-state index contributed by atoms with van der Waals surface area (Å²) in [6, 6.07) is 0.627. The molecule has 3 aliphatic rings. The molecule has 84 valence electrons. The zero-order valence-electron chi connectivity index (χ0n) is 9.41. The molecule has 0 radical (unpaired) electrons. The summed E-state index contributed by atoms with van der Waals surface area (Å²) in [6.07, 6.45) is 7.14. The maximum atomic E-state index is 4.61. The van der Waals surface area contributed by atoms with E-state index < -0.39 is 0 Å². The molecule has 2 aliphatic carbocycles. The Hall–Kier alpha value is -0.180. The monoisotopic (exact) mass is 224 g/mol. The van der Waals surface area contributed by atoms with Crippen LogP contribution in [0.2, 0.25) is 0 Å². The molecule has 2 saturated carbocycles. The molecule has 2 fully saturated rings. The summed E-state index contributed by atoms with van der Waals surface area (Å²) in [5.41, 5.74) is 0. The number of rotatable bonds is 4. The van der Waals surface area contributed by atoms with Gasteiger partial charge in [-0.05, 0) is 38.0 Å². The summed E-state index contributed by atoms with van der Waals surface area (Å²) in [5, 5.41) is 5.60. The van der Waals surface area contributed by atoms with E-state index in [1.54, 1.807) is 0 Å². The molecule has 2 nitrogen and oxygen atoms in total. The van der Waals surface area contributed by atoms with Crippen LogP contribution in [0.5, 0.6) is 0 Å². The van der Waals surface area contributed by atoms with Gasteiger partial charge in [0.1, 0.15) is 0 Å². The molecular weight excluding hydrogens is 204 g/mol. The minimum absolute atomic E-state index is 0.627. The number of nitrogens with one attached hydrogen (secondary N) is 1. The molecule has 0 spiro atoms. The lowest BCUT2D eigenvalue weighted by atomic mass is 10.2. The quantitative estimate of drug-likeness (QED) is 0.794. The highest BCUT2D eigenvalue weighted by Gasteiger charge is 2.35. The first-order chi connectivity index (χ1) is 7.31. The summed E-state index contributed by atoms with van der Waals surface area (Å²) in [7, 11) is 0. The standard InChI is InChI=1S/C12H20N2S/c1-8(6-9-2-3-9)14-12-13-7-11(15-12)10-4-5-10/h8-11H,2-7H2,1H3,(H,13,14). The van der Waals surface area contributed by atoms with Gasteiger partial charge in [-0.25, -0.2) is 0 Å². The molecule has 2 atom stereocenters. The van der Waals surface area contributed by atoms with Gasteiger partial charge in [0.25, 0.3) is 0 Å². The lowest BCUT2D eigenvalue weighted by Crippen LogP contribution is -2.30. The Kier molecular flexibility index (Phi) is 2.67. The highest BCUT2D eigenvalue weighted by atomic mass is 32.2. The average molecular weight is 224 g/mol. The van der Waals surface area contributed by atoms with Gasteiger partial charge in [0.2, 0.25) is 0 Å². The summed E-state index contributed by atoms with van der Waals surface area (Å²) < 4.78 is 0. The molecule has 1 N–H and O–H groups in total. The second kappa shape index (κ2) is 4.00. The Bertz CT molecular complexity index is 269. The highest BCUT2D eigenvalue weighted by Crippen LogP contribution is 2.41. The SMILES string of the molecule is CC(CC1CC1)NC1=NCC(C2CC2)S1. The first kappa shape index (κ1) is 10.0. The fourth-order valence-corrected chi connectivity index (χ4v) is 3.63. The van der Waals surface area contributed by atoms with Gasteiger partial charge in [0, 0.05) is 11.3 Å². The molecule has 2 unspecified atom stereocenters. The molecule has 0 bridgehead atoms. The van der Waals surface area contributed by atoms with Crippen LogP contribution in [0.4, 0.5) is 0 Å². The summed E-state index contributed by atoms with van der Waals surface area (Å²) in [6.45, 7) is 3.36. The molecular formula is C12H20N2S. The van der Waals surface area contributed by atoms with Crippen LogP contribution in [-0.4, -0.2) is 23.0 Å². The van der Waals surface area contributed by atoms with Gasteiger partial charge in [-0.3, -0.25) is 4.99 Å². The minimum atomic E-state index is 0.627. The zero-order valence-corrected chi connectivity index (χ0v) is 10.2. The third kappa shape index (κ3) is 2.68. The Morgan fingerprint density at radius 3 is 2.87 bits per heavy atom. The van der Waals surface area contributed by atoms with Crippen molar-refractivity contribution >= 4 is 16.9 Å². The minimum Gasteiger partial charge on any atom is -0.362 e. The van der Waals surface area contributed by atoms with Crippen molar-refractivity contribution in [3.8, 4) is 0 Å². The average Bonchev–Trinajstić information content (AvgIpc) is 3.09. The second-order valence-electron chi connectivity index (χ2n) is 5.36. The maximum Gasteiger partial charge on any atom is 0.157 e. The van der Waals surface area contributed by atoms with Crippen molar-refractivity contribution in [2.24, 2.45) is 16.8 Å². The number of hydrogen-bond donors (Lipinski definition) is 1. The van der Waals surface area contributed by atoms with Gasteiger partial charge in [0.05, 0.1) is 6.54 Å². The van der Waals surface area contributed by atoms with Crippen molar-refractivity contribution in [3.63, 3.8) is 0 Å². The van der Waals surface area contributed by atoms with Crippen molar-refractivity contribution in [1.29, 1.82) is 0 Å². The number of thioether (sulfide) groups is 1. The largest absolute Gasteiger partial charge is 0.362 e. The van der Waals surface area contributed by atoms with Crippen LogP contribution in [-0.2, 0) is 0 Å². The normalized spacial score (nSPS) is 32.6. The zero-order chi connectivity index (χ0) is 10.3. The number of nitrogens with zero attached hydrogens (tertiary/aromatic N) is 1. The number of amidine groups is 1. The third-order valence-electron chi connectivity index (χ3n) is 3.58. The first-order valence-corrected chi connectivity index (χ1v) is 7.17. The number of hydrogen-bond acceptors (Lipinski definition) is 3. The maximum absolute atomic E-state index is 4.61. The smallest absolute Gasteiger partial charge is 0.157 e. The Morgan fingerprint density at radius 1 is 1.40 bits per heavy atom. The lowest BCUT2D eigenvalue weighted by Gasteiger charge is -2.14. The van der Waals surface area contributed by atoms with Crippen LogP contribution in [0.1, 0.15) is 39.0 Å². The van der Waals surface area contributed by atoms with Crippen LogP contribution < -0.4 is 5.32 Å². The molecule has 1 aliphatic heterocycles. The van der Waals surface area contributed by atoms with Gasteiger partial charge in [-0.15, -0.1) is 0 Å². The molecule has 3 heteroatoms. The molecule has 0 amide bonds. The van der Waals surface area contributed by atoms with E-state index in [2.05, 4.69) is 17.2 Å².